The number of nitrogens with zero attached hydrogens (tertiary/aromatic N) is 2. The highest BCUT2D eigenvalue weighted by Gasteiger charge is 2.23. The van der Waals surface area contributed by atoms with Crippen LogP contribution in [0.5, 0.6) is 5.75 Å². The summed E-state index contributed by atoms with van der Waals surface area (Å²) < 4.78 is 28.4. The van der Waals surface area contributed by atoms with E-state index in [0.717, 1.165) is 5.56 Å². The predicted octanol–water partition coefficient (Wildman–Crippen LogP) is 0.537. The van der Waals surface area contributed by atoms with Crippen LogP contribution >= 0.6 is 0 Å². The van der Waals surface area contributed by atoms with E-state index >= 15 is 0 Å². The fourth-order valence-electron chi connectivity index (χ4n) is 2.01. The van der Waals surface area contributed by atoms with E-state index in [9.17, 15) is 13.5 Å². The van der Waals surface area contributed by atoms with Gasteiger partial charge < -0.3 is 10.8 Å². The van der Waals surface area contributed by atoms with Crippen molar-refractivity contribution in [2.24, 2.45) is 7.05 Å². The Kier molecular flexibility index (Phi) is 4.19. The van der Waals surface area contributed by atoms with Crippen LogP contribution in [0.2, 0.25) is 0 Å². The molecule has 0 spiro atoms. The van der Waals surface area contributed by atoms with Crippen LogP contribution < -0.4 is 10.5 Å². The van der Waals surface area contributed by atoms with Crippen molar-refractivity contribution in [3.63, 3.8) is 0 Å². The van der Waals surface area contributed by atoms with Gasteiger partial charge in [0.2, 0.25) is 10.0 Å². The second kappa shape index (κ2) is 5.74. The minimum Gasteiger partial charge on any atom is -0.508 e. The molecule has 0 saturated heterocycles. The summed E-state index contributed by atoms with van der Waals surface area (Å²) in [5, 5.41) is 13.1. The number of phenols is 1. The van der Waals surface area contributed by atoms with E-state index < -0.39 is 10.0 Å². The number of rotatable bonds is 5. The van der Waals surface area contributed by atoms with E-state index in [-0.39, 0.29) is 23.0 Å². The van der Waals surface area contributed by atoms with Gasteiger partial charge in [0.05, 0.1) is 5.69 Å². The smallest absolute Gasteiger partial charge is 0.246 e. The van der Waals surface area contributed by atoms with Gasteiger partial charge in [-0.05, 0) is 31.0 Å². The molecule has 21 heavy (non-hydrogen) atoms. The topological polar surface area (TPSA) is 110 Å². The number of hydrogen-bond acceptors (Lipinski definition) is 5. The Labute approximate surface area is 123 Å². The molecule has 0 fully saturated rings. The molecule has 0 aliphatic rings. The third kappa shape index (κ3) is 3.34. The molecule has 0 aliphatic carbocycles. The fraction of sp³-hybridized carbons (Fsp3) is 0.308. The Bertz CT molecular complexity index is 736. The van der Waals surface area contributed by atoms with Gasteiger partial charge in [0.25, 0.3) is 0 Å². The summed E-state index contributed by atoms with van der Waals surface area (Å²) in [5.41, 5.74) is 7.06. The molecular formula is C13H18N4O3S. The number of hydrogen-bond donors (Lipinski definition) is 3. The van der Waals surface area contributed by atoms with E-state index in [2.05, 4.69) is 9.82 Å². The molecule has 0 saturated carbocycles. The monoisotopic (exact) mass is 310 g/mol. The van der Waals surface area contributed by atoms with Crippen LogP contribution in [0.1, 0.15) is 11.3 Å². The Morgan fingerprint density at radius 1 is 1.33 bits per heavy atom. The maximum absolute atomic E-state index is 12.2. The lowest BCUT2D eigenvalue weighted by atomic mass is 10.1. The number of phenolic OH excluding ortho intramolecular Hbond substituents is 1. The van der Waals surface area contributed by atoms with Crippen LogP contribution in [0.15, 0.2) is 29.2 Å². The summed E-state index contributed by atoms with van der Waals surface area (Å²) >= 11 is 0. The highest BCUT2D eigenvalue weighted by molar-refractivity contribution is 7.89. The first-order chi connectivity index (χ1) is 9.81. The van der Waals surface area contributed by atoms with Crippen molar-refractivity contribution in [1.29, 1.82) is 0 Å². The number of nitrogens with two attached hydrogens (primary N) is 1. The summed E-state index contributed by atoms with van der Waals surface area (Å²) in [6.45, 7) is 1.89. The second-order valence-electron chi connectivity index (χ2n) is 4.74. The first kappa shape index (κ1) is 15.3. The molecule has 114 valence electrons. The Morgan fingerprint density at radius 3 is 2.48 bits per heavy atom. The molecule has 0 aliphatic heterocycles. The molecule has 2 aromatic rings. The lowest BCUT2D eigenvalue weighted by Crippen LogP contribution is -2.27. The summed E-state index contributed by atoms with van der Waals surface area (Å²) in [6.07, 6.45) is 0.513. The van der Waals surface area contributed by atoms with Crippen LogP contribution in [0.3, 0.4) is 0 Å². The quantitative estimate of drug-likeness (QED) is 0.746. The first-order valence-corrected chi connectivity index (χ1v) is 7.86. The van der Waals surface area contributed by atoms with Crippen LogP contribution in [-0.2, 0) is 23.5 Å². The van der Waals surface area contributed by atoms with Gasteiger partial charge in [0.1, 0.15) is 10.6 Å². The second-order valence-corrected chi connectivity index (χ2v) is 6.44. The summed E-state index contributed by atoms with van der Waals surface area (Å²) in [4.78, 5) is 0.0238. The van der Waals surface area contributed by atoms with Crippen molar-refractivity contribution in [2.75, 3.05) is 12.3 Å². The molecule has 1 aromatic heterocycles. The molecule has 0 bridgehead atoms. The molecule has 1 aromatic carbocycles. The average Bonchev–Trinajstić information content (AvgIpc) is 2.66. The largest absolute Gasteiger partial charge is 0.508 e. The van der Waals surface area contributed by atoms with Crippen molar-refractivity contribution in [3.05, 3.63) is 35.5 Å². The number of nitrogens with one attached hydrogen (secondary N) is 1. The Morgan fingerprint density at radius 2 is 1.95 bits per heavy atom. The molecule has 7 nitrogen and oxygen atoms in total. The number of aromatic nitrogens is 2. The zero-order valence-electron chi connectivity index (χ0n) is 11.9. The lowest BCUT2D eigenvalue weighted by molar-refractivity contribution is 0.475. The van der Waals surface area contributed by atoms with Gasteiger partial charge in [-0.25, -0.2) is 13.1 Å². The number of anilines is 1. The molecule has 0 radical (unpaired) electrons. The van der Waals surface area contributed by atoms with Crippen LogP contribution in [0.25, 0.3) is 0 Å². The SMILES string of the molecule is Cc1c(S(=O)(=O)NCCc2ccc(O)cc2)c(N)nn1C. The standard InChI is InChI=1S/C13H18N4O3S/c1-9-12(13(14)16-17(9)2)21(19,20)15-8-7-10-3-5-11(18)6-4-10/h3-6,15,18H,7-8H2,1-2H3,(H2,14,16). The molecule has 2 rings (SSSR count). The average molecular weight is 310 g/mol. The molecular weight excluding hydrogens is 292 g/mol. The van der Waals surface area contributed by atoms with E-state index in [1.807, 2.05) is 0 Å². The number of benzene rings is 1. The van der Waals surface area contributed by atoms with E-state index in [4.69, 9.17) is 5.73 Å². The number of aromatic hydroxyl groups is 1. The highest BCUT2D eigenvalue weighted by Crippen LogP contribution is 2.20. The minimum atomic E-state index is -3.69. The first-order valence-electron chi connectivity index (χ1n) is 6.38. The number of aryl methyl sites for hydroxylation is 1. The molecule has 8 heteroatoms. The maximum Gasteiger partial charge on any atom is 0.246 e. The maximum atomic E-state index is 12.2. The van der Waals surface area contributed by atoms with Crippen molar-refractivity contribution in [3.8, 4) is 5.75 Å². The lowest BCUT2D eigenvalue weighted by Gasteiger charge is -2.07. The van der Waals surface area contributed by atoms with Gasteiger partial charge in [-0.1, -0.05) is 12.1 Å². The van der Waals surface area contributed by atoms with Gasteiger partial charge in [-0.2, -0.15) is 5.10 Å². The highest BCUT2D eigenvalue weighted by atomic mass is 32.2. The van der Waals surface area contributed by atoms with Crippen molar-refractivity contribution >= 4 is 15.8 Å². The predicted molar refractivity (Wildman–Crippen MR) is 79.4 cm³/mol. The van der Waals surface area contributed by atoms with Gasteiger partial charge in [-0.15, -0.1) is 0 Å². The van der Waals surface area contributed by atoms with Crippen LogP contribution in [0.4, 0.5) is 5.82 Å². The van der Waals surface area contributed by atoms with Crippen molar-refractivity contribution < 1.29 is 13.5 Å². The molecule has 0 unspecified atom stereocenters. The van der Waals surface area contributed by atoms with E-state index in [1.54, 1.807) is 38.2 Å². The fourth-order valence-corrected chi connectivity index (χ4v) is 3.36. The molecule has 1 heterocycles. The van der Waals surface area contributed by atoms with Crippen LogP contribution in [0, 0.1) is 6.92 Å². The Balaban J connectivity index is 2.06. The summed E-state index contributed by atoms with van der Waals surface area (Å²) in [6, 6.07) is 6.61. The van der Waals surface area contributed by atoms with Crippen molar-refractivity contribution in [2.45, 2.75) is 18.2 Å². The zero-order chi connectivity index (χ0) is 15.6. The van der Waals surface area contributed by atoms with E-state index in [1.165, 1.54) is 4.68 Å². The Hall–Kier alpha value is -2.06. The van der Waals surface area contributed by atoms with Gasteiger partial charge >= 0.3 is 0 Å². The van der Waals surface area contributed by atoms with Gasteiger partial charge in [-0.3, -0.25) is 4.68 Å². The number of nitrogen functional groups attached to an aromatic ring is 1. The summed E-state index contributed by atoms with van der Waals surface area (Å²) in [5.74, 6) is 0.172. The molecule has 0 atom stereocenters. The number of sulfonamides is 1. The minimum absolute atomic E-state index is 0.00728. The van der Waals surface area contributed by atoms with Crippen molar-refractivity contribution in [1.82, 2.24) is 14.5 Å². The summed E-state index contributed by atoms with van der Waals surface area (Å²) in [7, 11) is -2.05. The molecule has 4 N–H and O–H groups in total. The van der Waals surface area contributed by atoms with Gasteiger partial charge in [0, 0.05) is 13.6 Å². The zero-order valence-corrected chi connectivity index (χ0v) is 12.7. The third-order valence-electron chi connectivity index (χ3n) is 3.22. The van der Waals surface area contributed by atoms with E-state index in [0.29, 0.717) is 12.1 Å². The van der Waals surface area contributed by atoms with Gasteiger partial charge in [0.15, 0.2) is 5.82 Å². The molecule has 0 amide bonds. The van der Waals surface area contributed by atoms with Crippen LogP contribution in [-0.4, -0.2) is 29.8 Å². The third-order valence-corrected chi connectivity index (χ3v) is 4.84. The normalized spacial score (nSPS) is 11.7.